The van der Waals surface area contributed by atoms with E-state index in [1.54, 1.807) is 6.92 Å². The van der Waals surface area contributed by atoms with Crippen molar-refractivity contribution in [2.75, 3.05) is 5.32 Å². The smallest absolute Gasteiger partial charge is 0.229 e. The van der Waals surface area contributed by atoms with Crippen molar-refractivity contribution in [3.05, 3.63) is 46.8 Å². The van der Waals surface area contributed by atoms with Gasteiger partial charge in [-0.3, -0.25) is 4.79 Å². The van der Waals surface area contributed by atoms with Gasteiger partial charge in [-0.1, -0.05) is 23.4 Å². The first kappa shape index (κ1) is 13.3. The van der Waals surface area contributed by atoms with E-state index in [0.717, 1.165) is 22.5 Å². The number of hydrogen-bond acceptors (Lipinski definition) is 4. The molecule has 1 aromatic carbocycles. The fraction of sp³-hybridized carbons (Fsp3) is 0.286. The van der Waals surface area contributed by atoms with Crippen LogP contribution in [0.3, 0.4) is 0 Å². The number of nitrogens with zero attached hydrogens (tertiary/aromatic N) is 1. The van der Waals surface area contributed by atoms with Crippen LogP contribution < -0.4 is 11.1 Å². The zero-order valence-electron chi connectivity index (χ0n) is 11.1. The minimum Gasteiger partial charge on any atom is -0.361 e. The SMILES string of the molecule is Cc1noc(C)c1CC(=O)Nc1ccccc1CN. The van der Waals surface area contributed by atoms with Gasteiger partial charge in [0.05, 0.1) is 12.1 Å². The summed E-state index contributed by atoms with van der Waals surface area (Å²) in [6.07, 6.45) is 0.250. The fourth-order valence-electron chi connectivity index (χ4n) is 1.93. The van der Waals surface area contributed by atoms with Gasteiger partial charge in [0.1, 0.15) is 5.76 Å². The highest BCUT2D eigenvalue weighted by Gasteiger charge is 2.14. The Hall–Kier alpha value is -2.14. The number of anilines is 1. The lowest BCUT2D eigenvalue weighted by Crippen LogP contribution is -2.17. The Morgan fingerprint density at radius 2 is 2.11 bits per heavy atom. The van der Waals surface area contributed by atoms with Crippen LogP contribution >= 0.6 is 0 Å². The summed E-state index contributed by atoms with van der Waals surface area (Å²) in [4.78, 5) is 12.0. The molecule has 0 saturated heterocycles. The molecule has 0 fully saturated rings. The van der Waals surface area contributed by atoms with Crippen molar-refractivity contribution in [1.82, 2.24) is 5.16 Å². The lowest BCUT2D eigenvalue weighted by atomic mass is 10.1. The number of aryl methyl sites for hydroxylation is 2. The Kier molecular flexibility index (Phi) is 3.97. The molecular formula is C14H17N3O2. The van der Waals surface area contributed by atoms with Gasteiger partial charge in [-0.25, -0.2) is 0 Å². The van der Waals surface area contributed by atoms with Gasteiger partial charge in [-0.15, -0.1) is 0 Å². The first-order chi connectivity index (χ1) is 9.11. The Balaban J connectivity index is 2.10. The highest BCUT2D eigenvalue weighted by molar-refractivity contribution is 5.93. The lowest BCUT2D eigenvalue weighted by molar-refractivity contribution is -0.115. The first-order valence-corrected chi connectivity index (χ1v) is 6.11. The van der Waals surface area contributed by atoms with E-state index in [1.165, 1.54) is 0 Å². The first-order valence-electron chi connectivity index (χ1n) is 6.11. The number of para-hydroxylation sites is 1. The zero-order chi connectivity index (χ0) is 13.8. The van der Waals surface area contributed by atoms with E-state index in [-0.39, 0.29) is 12.3 Å². The van der Waals surface area contributed by atoms with Gasteiger partial charge >= 0.3 is 0 Å². The molecule has 0 unspecified atom stereocenters. The molecule has 1 aromatic heterocycles. The summed E-state index contributed by atoms with van der Waals surface area (Å²) in [5.41, 5.74) is 8.88. The van der Waals surface area contributed by atoms with Crippen molar-refractivity contribution < 1.29 is 9.32 Å². The number of hydrogen-bond donors (Lipinski definition) is 2. The molecule has 19 heavy (non-hydrogen) atoms. The third-order valence-corrected chi connectivity index (χ3v) is 3.03. The second kappa shape index (κ2) is 5.67. The molecule has 1 heterocycles. The molecular weight excluding hydrogens is 242 g/mol. The number of carbonyl (C=O) groups is 1. The summed E-state index contributed by atoms with van der Waals surface area (Å²) >= 11 is 0. The second-order valence-corrected chi connectivity index (χ2v) is 4.39. The van der Waals surface area contributed by atoms with Crippen molar-refractivity contribution in [3.8, 4) is 0 Å². The predicted molar refractivity (Wildman–Crippen MR) is 72.6 cm³/mol. The van der Waals surface area contributed by atoms with Crippen molar-refractivity contribution >= 4 is 11.6 Å². The molecule has 0 radical (unpaired) electrons. The van der Waals surface area contributed by atoms with Crippen LogP contribution in [0.1, 0.15) is 22.6 Å². The normalized spacial score (nSPS) is 10.5. The number of carbonyl (C=O) groups excluding carboxylic acids is 1. The van der Waals surface area contributed by atoms with Gasteiger partial charge in [-0.05, 0) is 25.5 Å². The van der Waals surface area contributed by atoms with E-state index in [4.69, 9.17) is 10.3 Å². The molecule has 0 aliphatic rings. The van der Waals surface area contributed by atoms with E-state index in [9.17, 15) is 4.79 Å². The number of aromatic nitrogens is 1. The topological polar surface area (TPSA) is 81.2 Å². The van der Waals surface area contributed by atoms with Crippen molar-refractivity contribution in [2.45, 2.75) is 26.8 Å². The van der Waals surface area contributed by atoms with E-state index in [1.807, 2.05) is 31.2 Å². The van der Waals surface area contributed by atoms with Crippen LogP contribution in [-0.4, -0.2) is 11.1 Å². The molecule has 0 saturated carbocycles. The van der Waals surface area contributed by atoms with Crippen LogP contribution in [0.4, 0.5) is 5.69 Å². The molecule has 1 amide bonds. The number of benzene rings is 1. The summed E-state index contributed by atoms with van der Waals surface area (Å²) in [6, 6.07) is 7.50. The minimum atomic E-state index is -0.102. The molecule has 2 rings (SSSR count). The lowest BCUT2D eigenvalue weighted by Gasteiger charge is -2.09. The van der Waals surface area contributed by atoms with Gasteiger partial charge in [0.15, 0.2) is 0 Å². The highest BCUT2D eigenvalue weighted by atomic mass is 16.5. The number of rotatable bonds is 4. The molecule has 0 aliphatic carbocycles. The molecule has 0 aliphatic heterocycles. The van der Waals surface area contributed by atoms with Gasteiger partial charge in [-0.2, -0.15) is 0 Å². The van der Waals surface area contributed by atoms with Gasteiger partial charge in [0.25, 0.3) is 0 Å². The summed E-state index contributed by atoms with van der Waals surface area (Å²) in [6.45, 7) is 4.02. The van der Waals surface area contributed by atoms with Gasteiger partial charge in [0.2, 0.25) is 5.91 Å². The van der Waals surface area contributed by atoms with Crippen LogP contribution in [0, 0.1) is 13.8 Å². The third-order valence-electron chi connectivity index (χ3n) is 3.03. The maximum absolute atomic E-state index is 12.0. The van der Waals surface area contributed by atoms with Crippen molar-refractivity contribution in [2.24, 2.45) is 5.73 Å². The Bertz CT molecular complexity index is 571. The Morgan fingerprint density at radius 1 is 1.37 bits per heavy atom. The average Bonchev–Trinajstić information content (AvgIpc) is 2.71. The van der Waals surface area contributed by atoms with E-state index >= 15 is 0 Å². The molecule has 3 N–H and O–H groups in total. The molecule has 0 atom stereocenters. The maximum Gasteiger partial charge on any atom is 0.229 e. The predicted octanol–water partition coefficient (Wildman–Crippen LogP) is 1.93. The van der Waals surface area contributed by atoms with E-state index in [0.29, 0.717) is 12.3 Å². The quantitative estimate of drug-likeness (QED) is 0.879. The second-order valence-electron chi connectivity index (χ2n) is 4.39. The number of nitrogens with one attached hydrogen (secondary N) is 1. The molecule has 5 nitrogen and oxygen atoms in total. The molecule has 0 bridgehead atoms. The average molecular weight is 259 g/mol. The van der Waals surface area contributed by atoms with Crippen LogP contribution in [0.15, 0.2) is 28.8 Å². The highest BCUT2D eigenvalue weighted by Crippen LogP contribution is 2.17. The zero-order valence-corrected chi connectivity index (χ0v) is 11.1. The van der Waals surface area contributed by atoms with Crippen LogP contribution in [0.5, 0.6) is 0 Å². The monoisotopic (exact) mass is 259 g/mol. The van der Waals surface area contributed by atoms with Crippen LogP contribution in [-0.2, 0) is 17.8 Å². The van der Waals surface area contributed by atoms with Gasteiger partial charge in [0, 0.05) is 17.8 Å². The van der Waals surface area contributed by atoms with Crippen molar-refractivity contribution in [1.29, 1.82) is 0 Å². The number of nitrogens with two attached hydrogens (primary N) is 1. The van der Waals surface area contributed by atoms with E-state index in [2.05, 4.69) is 10.5 Å². The summed E-state index contributed by atoms with van der Waals surface area (Å²) in [7, 11) is 0. The summed E-state index contributed by atoms with van der Waals surface area (Å²) in [5, 5.41) is 6.70. The van der Waals surface area contributed by atoms with Crippen LogP contribution in [0.2, 0.25) is 0 Å². The van der Waals surface area contributed by atoms with Gasteiger partial charge < -0.3 is 15.6 Å². The minimum absolute atomic E-state index is 0.102. The summed E-state index contributed by atoms with van der Waals surface area (Å²) in [5.74, 6) is 0.579. The Labute approximate surface area is 111 Å². The van der Waals surface area contributed by atoms with E-state index < -0.39 is 0 Å². The summed E-state index contributed by atoms with van der Waals surface area (Å²) < 4.78 is 5.04. The third kappa shape index (κ3) is 3.00. The number of amides is 1. The molecule has 2 aromatic rings. The maximum atomic E-state index is 12.0. The molecule has 0 spiro atoms. The van der Waals surface area contributed by atoms with Crippen LogP contribution in [0.25, 0.3) is 0 Å². The largest absolute Gasteiger partial charge is 0.361 e. The molecule has 100 valence electrons. The molecule has 5 heteroatoms. The standard InChI is InChI=1S/C14H17N3O2/c1-9-12(10(2)19-17-9)7-14(18)16-13-6-4-3-5-11(13)8-15/h3-6H,7-8,15H2,1-2H3,(H,16,18). The fourth-order valence-corrected chi connectivity index (χ4v) is 1.93. The Morgan fingerprint density at radius 3 is 2.74 bits per heavy atom. The van der Waals surface area contributed by atoms with Crippen molar-refractivity contribution in [3.63, 3.8) is 0 Å².